The molecular weight excluding hydrogens is 374 g/mol. The minimum atomic E-state index is -3.29. The number of anilines is 1. The maximum Gasteiger partial charge on any atom is 0.177 e. The SMILES string of the molecule is C=C(C#N)CNc1c(OC)ccc2ccc(-c3ccc(S(C)(=O)=O)cn3)cc12. The van der Waals surface area contributed by atoms with Crippen molar-refractivity contribution in [2.24, 2.45) is 0 Å². The molecule has 7 heteroatoms. The fourth-order valence-corrected chi connectivity index (χ4v) is 3.38. The lowest BCUT2D eigenvalue weighted by atomic mass is 10.0. The summed E-state index contributed by atoms with van der Waals surface area (Å²) in [5.41, 5.74) is 2.66. The average Bonchev–Trinajstić information content (AvgIpc) is 2.70. The van der Waals surface area contributed by atoms with E-state index in [1.54, 1.807) is 19.2 Å². The molecule has 0 aliphatic carbocycles. The molecular formula is C21H19N3O3S. The number of rotatable bonds is 6. The molecule has 0 atom stereocenters. The molecule has 0 unspecified atom stereocenters. The Morgan fingerprint density at radius 3 is 2.61 bits per heavy atom. The van der Waals surface area contributed by atoms with Crippen LogP contribution in [0.5, 0.6) is 5.75 Å². The molecule has 0 fully saturated rings. The smallest absolute Gasteiger partial charge is 0.177 e. The lowest BCUT2D eigenvalue weighted by Gasteiger charge is -2.15. The molecule has 0 saturated carbocycles. The number of sulfone groups is 1. The Hall–Kier alpha value is -3.37. The Labute approximate surface area is 164 Å². The molecule has 3 aromatic rings. The summed E-state index contributed by atoms with van der Waals surface area (Å²) in [6, 6.07) is 14.9. The van der Waals surface area contributed by atoms with Crippen molar-refractivity contribution in [3.05, 3.63) is 60.8 Å². The van der Waals surface area contributed by atoms with E-state index in [9.17, 15) is 8.42 Å². The van der Waals surface area contributed by atoms with Gasteiger partial charge in [0.25, 0.3) is 0 Å². The largest absolute Gasteiger partial charge is 0.495 e. The second-order valence-electron chi connectivity index (χ2n) is 6.30. The van der Waals surface area contributed by atoms with Gasteiger partial charge in [0.1, 0.15) is 5.75 Å². The first-order valence-electron chi connectivity index (χ1n) is 8.42. The van der Waals surface area contributed by atoms with Crippen molar-refractivity contribution < 1.29 is 13.2 Å². The number of aromatic nitrogens is 1. The number of nitriles is 1. The molecule has 1 N–H and O–H groups in total. The van der Waals surface area contributed by atoms with Crippen LogP contribution in [0.4, 0.5) is 5.69 Å². The van der Waals surface area contributed by atoms with E-state index in [1.165, 1.54) is 6.20 Å². The highest BCUT2D eigenvalue weighted by Gasteiger charge is 2.12. The molecule has 6 nitrogen and oxygen atoms in total. The monoisotopic (exact) mass is 393 g/mol. The predicted molar refractivity (Wildman–Crippen MR) is 110 cm³/mol. The van der Waals surface area contributed by atoms with Gasteiger partial charge in [0.05, 0.1) is 29.5 Å². The minimum absolute atomic E-state index is 0.177. The first-order chi connectivity index (χ1) is 13.3. The number of ether oxygens (including phenoxy) is 1. The molecule has 0 bridgehead atoms. The topological polar surface area (TPSA) is 92.1 Å². The summed E-state index contributed by atoms with van der Waals surface area (Å²) in [6.07, 6.45) is 2.51. The highest BCUT2D eigenvalue weighted by molar-refractivity contribution is 7.90. The van der Waals surface area contributed by atoms with Crippen molar-refractivity contribution in [3.63, 3.8) is 0 Å². The van der Waals surface area contributed by atoms with Crippen LogP contribution in [0.15, 0.2) is 65.7 Å². The van der Waals surface area contributed by atoms with E-state index in [-0.39, 0.29) is 4.90 Å². The maximum absolute atomic E-state index is 11.6. The molecule has 0 radical (unpaired) electrons. The average molecular weight is 393 g/mol. The number of hydrogen-bond acceptors (Lipinski definition) is 6. The summed E-state index contributed by atoms with van der Waals surface area (Å²) < 4.78 is 28.7. The van der Waals surface area contributed by atoms with Gasteiger partial charge in [-0.3, -0.25) is 4.98 Å². The summed E-state index contributed by atoms with van der Waals surface area (Å²) in [7, 11) is -1.71. The van der Waals surface area contributed by atoms with Crippen LogP contribution in [0.25, 0.3) is 22.0 Å². The van der Waals surface area contributed by atoms with Gasteiger partial charge in [-0.15, -0.1) is 0 Å². The van der Waals surface area contributed by atoms with Gasteiger partial charge in [-0.1, -0.05) is 24.8 Å². The molecule has 28 heavy (non-hydrogen) atoms. The van der Waals surface area contributed by atoms with Crippen LogP contribution in [0.1, 0.15) is 0 Å². The number of benzene rings is 2. The molecule has 0 amide bonds. The summed E-state index contributed by atoms with van der Waals surface area (Å²) in [5, 5.41) is 14.1. The predicted octanol–water partition coefficient (Wildman–Crippen LogP) is 3.81. The minimum Gasteiger partial charge on any atom is -0.495 e. The molecule has 2 aromatic carbocycles. The summed E-state index contributed by atoms with van der Waals surface area (Å²) >= 11 is 0. The van der Waals surface area contributed by atoms with Crippen molar-refractivity contribution in [1.29, 1.82) is 5.26 Å². The lowest BCUT2D eigenvalue weighted by Crippen LogP contribution is -2.05. The molecule has 1 aromatic heterocycles. The molecule has 1 heterocycles. The quantitative estimate of drug-likeness (QED) is 0.640. The fourth-order valence-electron chi connectivity index (χ4n) is 2.82. The van der Waals surface area contributed by atoms with Crippen LogP contribution < -0.4 is 10.1 Å². The standard InChI is InChI=1S/C21H19N3O3S/c1-14(11-22)12-24-21-18-10-16(5-4-15(18)6-9-20(21)27-2)19-8-7-17(13-23-19)28(3,25)26/h4-10,13,24H,1,12H2,2-3H3. The van der Waals surface area contributed by atoms with E-state index in [0.29, 0.717) is 23.6 Å². The van der Waals surface area contributed by atoms with Crippen LogP contribution in [0.3, 0.4) is 0 Å². The second-order valence-corrected chi connectivity index (χ2v) is 8.31. The van der Waals surface area contributed by atoms with E-state index < -0.39 is 9.84 Å². The zero-order valence-corrected chi connectivity index (χ0v) is 16.4. The van der Waals surface area contributed by atoms with Crippen LogP contribution >= 0.6 is 0 Å². The van der Waals surface area contributed by atoms with E-state index >= 15 is 0 Å². The first-order valence-corrected chi connectivity index (χ1v) is 10.3. The maximum atomic E-state index is 11.6. The van der Waals surface area contributed by atoms with Crippen molar-refractivity contribution in [1.82, 2.24) is 4.98 Å². The van der Waals surface area contributed by atoms with Crippen LogP contribution in [0.2, 0.25) is 0 Å². The number of nitrogens with zero attached hydrogens (tertiary/aromatic N) is 2. The van der Waals surface area contributed by atoms with Gasteiger partial charge in [0.15, 0.2) is 9.84 Å². The van der Waals surface area contributed by atoms with Gasteiger partial charge in [0, 0.05) is 35.5 Å². The van der Waals surface area contributed by atoms with E-state index in [4.69, 9.17) is 10.00 Å². The Kier molecular flexibility index (Phi) is 5.34. The Balaban J connectivity index is 2.08. The Morgan fingerprint density at radius 1 is 1.25 bits per heavy atom. The third-order valence-electron chi connectivity index (χ3n) is 4.30. The number of nitrogens with one attached hydrogen (secondary N) is 1. The number of pyridine rings is 1. The van der Waals surface area contributed by atoms with Gasteiger partial charge in [0.2, 0.25) is 0 Å². The highest BCUT2D eigenvalue weighted by atomic mass is 32.2. The van der Waals surface area contributed by atoms with Gasteiger partial charge in [-0.2, -0.15) is 5.26 Å². The zero-order valence-electron chi connectivity index (χ0n) is 15.6. The fraction of sp³-hybridized carbons (Fsp3) is 0.143. The summed E-state index contributed by atoms with van der Waals surface area (Å²) in [4.78, 5) is 4.47. The number of fused-ring (bicyclic) bond motifs is 1. The molecule has 0 aliphatic heterocycles. The molecule has 3 rings (SSSR count). The van der Waals surface area contributed by atoms with Gasteiger partial charge in [-0.25, -0.2) is 8.42 Å². The molecule has 0 saturated heterocycles. The van der Waals surface area contributed by atoms with Crippen molar-refractivity contribution in [2.75, 3.05) is 25.2 Å². The summed E-state index contributed by atoms with van der Waals surface area (Å²) in [6.45, 7) is 4.00. The number of methoxy groups -OCH3 is 1. The molecule has 0 spiro atoms. The van der Waals surface area contributed by atoms with Gasteiger partial charge >= 0.3 is 0 Å². The third kappa shape index (κ3) is 3.97. The Morgan fingerprint density at radius 2 is 2.00 bits per heavy atom. The Bertz CT molecular complexity index is 1190. The van der Waals surface area contributed by atoms with Gasteiger partial charge in [-0.05, 0) is 29.7 Å². The van der Waals surface area contributed by atoms with Crippen molar-refractivity contribution in [2.45, 2.75) is 4.90 Å². The molecule has 142 valence electrons. The highest BCUT2D eigenvalue weighted by Crippen LogP contribution is 2.35. The van der Waals surface area contributed by atoms with E-state index in [2.05, 4.69) is 16.9 Å². The third-order valence-corrected chi connectivity index (χ3v) is 5.40. The first kappa shape index (κ1) is 19.4. The second kappa shape index (κ2) is 7.71. The van der Waals surface area contributed by atoms with Crippen molar-refractivity contribution in [3.8, 4) is 23.1 Å². The summed E-state index contributed by atoms with van der Waals surface area (Å²) in [5.74, 6) is 0.649. The van der Waals surface area contributed by atoms with Crippen LogP contribution in [0, 0.1) is 11.3 Å². The number of hydrogen-bond donors (Lipinski definition) is 1. The van der Waals surface area contributed by atoms with Crippen molar-refractivity contribution >= 4 is 26.3 Å². The van der Waals surface area contributed by atoms with Crippen LogP contribution in [-0.4, -0.2) is 33.3 Å². The van der Waals surface area contributed by atoms with E-state index in [1.807, 2.05) is 36.4 Å². The van der Waals surface area contributed by atoms with E-state index in [0.717, 1.165) is 28.3 Å². The van der Waals surface area contributed by atoms with Gasteiger partial charge < -0.3 is 10.1 Å². The normalized spacial score (nSPS) is 11.0. The van der Waals surface area contributed by atoms with Crippen LogP contribution in [-0.2, 0) is 9.84 Å². The zero-order chi connectivity index (χ0) is 20.3. The lowest BCUT2D eigenvalue weighted by molar-refractivity contribution is 0.417. The molecule has 0 aliphatic rings.